The lowest BCUT2D eigenvalue weighted by molar-refractivity contribution is -0.120. The van der Waals surface area contributed by atoms with Crippen LogP contribution in [-0.2, 0) is 21.4 Å². The number of para-hydroxylation sites is 1. The fraction of sp³-hybridized carbons (Fsp3) is 0.261. The van der Waals surface area contributed by atoms with Crippen molar-refractivity contribution in [2.24, 2.45) is 5.92 Å². The SMILES string of the molecule is O=C(NCc1cccnc1)c1ccccc1NC(=O)C1CCCN(S(=O)(=O)c2cccs2)C1. The number of carbonyl (C=O) groups is 2. The first-order valence-corrected chi connectivity index (χ1v) is 12.9. The minimum atomic E-state index is -3.61. The molecular weight excluding hydrogens is 460 g/mol. The zero-order chi connectivity index (χ0) is 23.3. The molecular formula is C23H24N4O4S2. The molecule has 1 aromatic carbocycles. The zero-order valence-electron chi connectivity index (χ0n) is 17.8. The molecule has 3 heterocycles. The maximum Gasteiger partial charge on any atom is 0.253 e. The molecule has 0 aliphatic carbocycles. The molecule has 2 amide bonds. The van der Waals surface area contributed by atoms with E-state index in [-0.39, 0.29) is 22.6 Å². The second-order valence-electron chi connectivity index (χ2n) is 7.71. The summed E-state index contributed by atoms with van der Waals surface area (Å²) in [5.74, 6) is -1.12. The number of pyridine rings is 1. The van der Waals surface area contributed by atoms with Crippen LogP contribution in [0.15, 0.2) is 70.5 Å². The van der Waals surface area contributed by atoms with Crippen molar-refractivity contribution in [3.05, 3.63) is 77.4 Å². The van der Waals surface area contributed by atoms with E-state index in [0.717, 1.165) is 5.56 Å². The van der Waals surface area contributed by atoms with Gasteiger partial charge in [0.2, 0.25) is 5.91 Å². The lowest BCUT2D eigenvalue weighted by atomic mass is 9.98. The van der Waals surface area contributed by atoms with Crippen LogP contribution in [0.2, 0.25) is 0 Å². The normalized spacial score (nSPS) is 16.8. The van der Waals surface area contributed by atoms with Crippen LogP contribution < -0.4 is 10.6 Å². The van der Waals surface area contributed by atoms with Gasteiger partial charge in [-0.15, -0.1) is 11.3 Å². The second-order valence-corrected chi connectivity index (χ2v) is 10.8. The number of aromatic nitrogens is 1. The van der Waals surface area contributed by atoms with Gasteiger partial charge in [0.15, 0.2) is 0 Å². The Morgan fingerprint density at radius 1 is 1.12 bits per heavy atom. The van der Waals surface area contributed by atoms with Gasteiger partial charge in [0.25, 0.3) is 15.9 Å². The summed E-state index contributed by atoms with van der Waals surface area (Å²) in [6.45, 7) is 0.811. The van der Waals surface area contributed by atoms with Gasteiger partial charge >= 0.3 is 0 Å². The molecule has 33 heavy (non-hydrogen) atoms. The maximum atomic E-state index is 13.0. The average molecular weight is 485 g/mol. The molecule has 3 aromatic rings. The summed E-state index contributed by atoms with van der Waals surface area (Å²) < 4.78 is 27.4. The van der Waals surface area contributed by atoms with Gasteiger partial charge in [0, 0.05) is 32.0 Å². The van der Waals surface area contributed by atoms with Crippen molar-refractivity contribution >= 4 is 38.9 Å². The van der Waals surface area contributed by atoms with Crippen LogP contribution in [0.3, 0.4) is 0 Å². The fourth-order valence-electron chi connectivity index (χ4n) is 3.72. The Labute approximate surface area is 196 Å². The highest BCUT2D eigenvalue weighted by molar-refractivity contribution is 7.91. The van der Waals surface area contributed by atoms with Gasteiger partial charge in [-0.2, -0.15) is 4.31 Å². The molecule has 4 rings (SSSR count). The average Bonchev–Trinajstić information content (AvgIpc) is 3.40. The number of hydrogen-bond donors (Lipinski definition) is 2. The predicted molar refractivity (Wildman–Crippen MR) is 126 cm³/mol. The first-order valence-electron chi connectivity index (χ1n) is 10.6. The molecule has 0 bridgehead atoms. The van der Waals surface area contributed by atoms with Crippen LogP contribution in [0.4, 0.5) is 5.69 Å². The number of benzene rings is 1. The molecule has 0 spiro atoms. The molecule has 2 aromatic heterocycles. The van der Waals surface area contributed by atoms with Crippen molar-refractivity contribution in [1.29, 1.82) is 0 Å². The molecule has 1 fully saturated rings. The first-order chi connectivity index (χ1) is 15.9. The third-order valence-corrected chi connectivity index (χ3v) is 8.69. The Morgan fingerprint density at radius 2 is 1.97 bits per heavy atom. The van der Waals surface area contributed by atoms with Gasteiger partial charge in [-0.1, -0.05) is 24.3 Å². The summed E-state index contributed by atoms with van der Waals surface area (Å²) in [7, 11) is -3.61. The van der Waals surface area contributed by atoms with Crippen molar-refractivity contribution in [2.45, 2.75) is 23.6 Å². The highest BCUT2D eigenvalue weighted by atomic mass is 32.2. The molecule has 1 aliphatic heterocycles. The molecule has 1 saturated heterocycles. The van der Waals surface area contributed by atoms with E-state index < -0.39 is 15.9 Å². The molecule has 1 aliphatic rings. The van der Waals surface area contributed by atoms with Crippen LogP contribution >= 0.6 is 11.3 Å². The summed E-state index contributed by atoms with van der Waals surface area (Å²) >= 11 is 1.17. The predicted octanol–water partition coefficient (Wildman–Crippen LogP) is 3.11. The fourth-order valence-corrected chi connectivity index (χ4v) is 6.39. The van der Waals surface area contributed by atoms with Crippen molar-refractivity contribution in [1.82, 2.24) is 14.6 Å². The standard InChI is InChI=1S/C23H24N4O4S2/c28-22(18-7-4-12-27(16-18)33(30,31)21-10-5-13-32-21)26-20-9-2-1-8-19(20)23(29)25-15-17-6-3-11-24-14-17/h1-3,5-6,8-11,13-14,18H,4,7,12,15-16H2,(H,25,29)(H,26,28). The molecule has 0 radical (unpaired) electrons. The number of nitrogens with zero attached hydrogens (tertiary/aromatic N) is 2. The van der Waals surface area contributed by atoms with E-state index in [1.165, 1.54) is 15.6 Å². The number of amides is 2. The minimum absolute atomic E-state index is 0.113. The summed E-state index contributed by atoms with van der Waals surface area (Å²) in [6.07, 6.45) is 4.51. The molecule has 0 saturated carbocycles. The van der Waals surface area contributed by atoms with E-state index in [1.54, 1.807) is 60.2 Å². The Bertz CT molecular complexity index is 1210. The second kappa shape index (κ2) is 10.2. The van der Waals surface area contributed by atoms with Gasteiger partial charge in [0.1, 0.15) is 4.21 Å². The first kappa shape index (κ1) is 23.1. The van der Waals surface area contributed by atoms with E-state index in [1.807, 2.05) is 6.07 Å². The highest BCUT2D eigenvalue weighted by Crippen LogP contribution is 2.27. The van der Waals surface area contributed by atoms with Crippen LogP contribution in [-0.4, -0.2) is 42.6 Å². The Hall–Kier alpha value is -3.08. The number of piperidine rings is 1. The monoisotopic (exact) mass is 484 g/mol. The van der Waals surface area contributed by atoms with Crippen molar-refractivity contribution in [3.8, 4) is 0 Å². The quantitative estimate of drug-likeness (QED) is 0.536. The molecule has 1 atom stereocenters. The lowest BCUT2D eigenvalue weighted by Gasteiger charge is -2.30. The summed E-state index contributed by atoms with van der Waals surface area (Å²) in [5.41, 5.74) is 1.60. The largest absolute Gasteiger partial charge is 0.348 e. The van der Waals surface area contributed by atoms with E-state index in [4.69, 9.17) is 0 Å². The van der Waals surface area contributed by atoms with Crippen LogP contribution in [0.5, 0.6) is 0 Å². The van der Waals surface area contributed by atoms with Crippen molar-refractivity contribution in [3.63, 3.8) is 0 Å². The van der Waals surface area contributed by atoms with Crippen LogP contribution in [0.25, 0.3) is 0 Å². The van der Waals surface area contributed by atoms with Gasteiger partial charge in [-0.3, -0.25) is 14.6 Å². The Kier molecular flexibility index (Phi) is 7.17. The number of carbonyl (C=O) groups excluding carboxylic acids is 2. The summed E-state index contributed by atoms with van der Waals surface area (Å²) in [4.78, 5) is 29.8. The van der Waals surface area contributed by atoms with E-state index in [0.29, 0.717) is 37.2 Å². The highest BCUT2D eigenvalue weighted by Gasteiger charge is 2.34. The molecule has 10 heteroatoms. The van der Waals surface area contributed by atoms with Gasteiger partial charge in [-0.05, 0) is 48.1 Å². The molecule has 2 N–H and O–H groups in total. The maximum absolute atomic E-state index is 13.0. The number of nitrogens with one attached hydrogen (secondary N) is 2. The van der Waals surface area contributed by atoms with Crippen LogP contribution in [0.1, 0.15) is 28.8 Å². The number of sulfonamides is 1. The van der Waals surface area contributed by atoms with Crippen molar-refractivity contribution in [2.75, 3.05) is 18.4 Å². The number of anilines is 1. The Balaban J connectivity index is 1.42. The molecule has 8 nitrogen and oxygen atoms in total. The zero-order valence-corrected chi connectivity index (χ0v) is 19.4. The summed E-state index contributed by atoms with van der Waals surface area (Å²) in [5, 5.41) is 7.39. The number of hydrogen-bond acceptors (Lipinski definition) is 6. The van der Waals surface area contributed by atoms with Gasteiger partial charge in [0.05, 0.1) is 17.2 Å². The lowest BCUT2D eigenvalue weighted by Crippen LogP contribution is -2.43. The third kappa shape index (κ3) is 5.47. The van der Waals surface area contributed by atoms with E-state index >= 15 is 0 Å². The minimum Gasteiger partial charge on any atom is -0.348 e. The number of thiophene rings is 1. The topological polar surface area (TPSA) is 108 Å². The molecule has 172 valence electrons. The van der Waals surface area contributed by atoms with E-state index in [2.05, 4.69) is 15.6 Å². The third-order valence-electron chi connectivity index (χ3n) is 5.45. The van der Waals surface area contributed by atoms with Gasteiger partial charge in [-0.25, -0.2) is 8.42 Å². The number of rotatable bonds is 7. The van der Waals surface area contributed by atoms with Crippen molar-refractivity contribution < 1.29 is 18.0 Å². The van der Waals surface area contributed by atoms with E-state index in [9.17, 15) is 18.0 Å². The molecule has 1 unspecified atom stereocenters. The van der Waals surface area contributed by atoms with Gasteiger partial charge < -0.3 is 10.6 Å². The summed E-state index contributed by atoms with van der Waals surface area (Å²) in [6, 6.07) is 13.7. The smallest absolute Gasteiger partial charge is 0.253 e. The van der Waals surface area contributed by atoms with Crippen LogP contribution in [0, 0.1) is 5.92 Å². The Morgan fingerprint density at radius 3 is 2.73 bits per heavy atom.